The number of methoxy groups -OCH3 is 1. The summed E-state index contributed by atoms with van der Waals surface area (Å²) in [5.74, 6) is 0.707. The van der Waals surface area contributed by atoms with Crippen LogP contribution in [-0.2, 0) is 0 Å². The normalized spacial score (nSPS) is 10.3. The fourth-order valence-corrected chi connectivity index (χ4v) is 2.08. The quantitative estimate of drug-likeness (QED) is 0.272. The smallest absolute Gasteiger partial charge is 0.343 e. The molecule has 7 heteroatoms. The van der Waals surface area contributed by atoms with Gasteiger partial charge in [-0.1, -0.05) is 0 Å². The van der Waals surface area contributed by atoms with Crippen LogP contribution in [0.4, 0.5) is 0 Å². The molecule has 0 saturated heterocycles. The molecule has 6 nitrogen and oxygen atoms in total. The number of nitrogens with one attached hydrogen (secondary N) is 2. The number of hydrogen-bond acceptors (Lipinski definition) is 5. The van der Waals surface area contributed by atoms with Crippen LogP contribution in [0.25, 0.3) is 0 Å². The zero-order valence-electron chi connectivity index (χ0n) is 14.0. The zero-order chi connectivity index (χ0) is 18.1. The van der Waals surface area contributed by atoms with Crippen LogP contribution in [0.3, 0.4) is 0 Å². The Morgan fingerprint density at radius 2 is 1.76 bits per heavy atom. The minimum absolute atomic E-state index is 0.429. The van der Waals surface area contributed by atoms with Crippen LogP contribution in [0, 0.1) is 0 Å². The van der Waals surface area contributed by atoms with Gasteiger partial charge in [0.15, 0.2) is 5.11 Å². The van der Waals surface area contributed by atoms with Gasteiger partial charge in [0.2, 0.25) is 0 Å². The first-order valence-corrected chi connectivity index (χ1v) is 8.06. The summed E-state index contributed by atoms with van der Waals surface area (Å²) >= 11 is 5.00. The van der Waals surface area contributed by atoms with Crippen LogP contribution >= 0.6 is 12.2 Å². The molecule has 0 aliphatic rings. The van der Waals surface area contributed by atoms with E-state index < -0.39 is 5.97 Å². The minimum atomic E-state index is -0.429. The number of hydrogen-bond donors (Lipinski definition) is 2. The molecule has 25 heavy (non-hydrogen) atoms. The van der Waals surface area contributed by atoms with Crippen LogP contribution in [0.2, 0.25) is 0 Å². The number of nitrogens with zero attached hydrogens (tertiary/aromatic N) is 1. The van der Waals surface area contributed by atoms with Crippen molar-refractivity contribution in [3.8, 4) is 11.5 Å². The SMILES string of the molecule is CCNC(=S)NN=Cc1ccc(OC(=O)c2ccc(OC)cc2)cc1. The monoisotopic (exact) mass is 357 g/mol. The van der Waals surface area contributed by atoms with Crippen molar-refractivity contribution < 1.29 is 14.3 Å². The number of ether oxygens (including phenoxy) is 2. The van der Waals surface area contributed by atoms with E-state index in [1.54, 1.807) is 61.9 Å². The maximum absolute atomic E-state index is 12.1. The van der Waals surface area contributed by atoms with E-state index in [4.69, 9.17) is 21.7 Å². The number of thiocarbonyl (C=S) groups is 1. The van der Waals surface area contributed by atoms with E-state index in [2.05, 4.69) is 15.8 Å². The molecule has 2 aromatic carbocycles. The van der Waals surface area contributed by atoms with Gasteiger partial charge in [-0.25, -0.2) is 4.79 Å². The van der Waals surface area contributed by atoms with Crippen molar-refractivity contribution in [3.05, 3.63) is 59.7 Å². The number of carbonyl (C=O) groups excluding carboxylic acids is 1. The molecule has 2 rings (SSSR count). The second-order valence-corrected chi connectivity index (χ2v) is 5.32. The summed E-state index contributed by atoms with van der Waals surface area (Å²) < 4.78 is 10.4. The highest BCUT2D eigenvalue weighted by atomic mass is 32.1. The maximum Gasteiger partial charge on any atom is 0.343 e. The first kappa shape index (κ1) is 18.4. The topological polar surface area (TPSA) is 72.0 Å². The Morgan fingerprint density at radius 1 is 1.12 bits per heavy atom. The summed E-state index contributed by atoms with van der Waals surface area (Å²) in [5.41, 5.74) is 4.00. The van der Waals surface area contributed by atoms with E-state index in [0.717, 1.165) is 12.1 Å². The molecule has 2 aromatic rings. The van der Waals surface area contributed by atoms with Crippen LogP contribution in [0.5, 0.6) is 11.5 Å². The third-order valence-corrected chi connectivity index (χ3v) is 3.37. The van der Waals surface area contributed by atoms with Crippen molar-refractivity contribution in [3.63, 3.8) is 0 Å². The second kappa shape index (κ2) is 9.39. The summed E-state index contributed by atoms with van der Waals surface area (Å²) in [6, 6.07) is 13.7. The Kier molecular flexibility index (Phi) is 6.91. The first-order valence-electron chi connectivity index (χ1n) is 7.65. The number of benzene rings is 2. The molecular formula is C18H19N3O3S. The number of rotatable bonds is 6. The Labute approximate surface area is 151 Å². The third-order valence-electron chi connectivity index (χ3n) is 3.13. The summed E-state index contributed by atoms with van der Waals surface area (Å²) in [7, 11) is 1.57. The lowest BCUT2D eigenvalue weighted by molar-refractivity contribution is 0.0734. The molecule has 0 aliphatic heterocycles. The summed E-state index contributed by atoms with van der Waals surface area (Å²) in [5, 5.41) is 7.40. The molecule has 0 unspecified atom stereocenters. The van der Waals surface area contributed by atoms with Gasteiger partial charge in [-0.2, -0.15) is 5.10 Å². The average molecular weight is 357 g/mol. The summed E-state index contributed by atoms with van der Waals surface area (Å²) in [4.78, 5) is 12.1. The van der Waals surface area contributed by atoms with Crippen molar-refractivity contribution in [1.82, 2.24) is 10.7 Å². The molecule has 0 fully saturated rings. The number of hydrazone groups is 1. The molecule has 0 saturated carbocycles. The van der Waals surface area contributed by atoms with Crippen molar-refractivity contribution in [2.75, 3.05) is 13.7 Å². The highest BCUT2D eigenvalue weighted by Crippen LogP contribution is 2.16. The Hall–Kier alpha value is -2.93. The van der Waals surface area contributed by atoms with Crippen LogP contribution in [0.15, 0.2) is 53.6 Å². The molecule has 0 radical (unpaired) electrons. The molecule has 0 aliphatic carbocycles. The summed E-state index contributed by atoms with van der Waals surface area (Å²) in [6.07, 6.45) is 1.62. The van der Waals surface area contributed by atoms with Crippen molar-refractivity contribution >= 4 is 29.5 Å². The largest absolute Gasteiger partial charge is 0.497 e. The minimum Gasteiger partial charge on any atom is -0.497 e. The Balaban J connectivity index is 1.91. The number of esters is 1. The lowest BCUT2D eigenvalue weighted by Gasteiger charge is -2.06. The molecule has 0 atom stereocenters. The summed E-state index contributed by atoms with van der Waals surface area (Å²) in [6.45, 7) is 2.68. The lowest BCUT2D eigenvalue weighted by atomic mass is 10.2. The number of carbonyl (C=O) groups is 1. The average Bonchev–Trinajstić information content (AvgIpc) is 2.63. The molecule has 130 valence electrons. The van der Waals surface area contributed by atoms with Crippen LogP contribution in [0.1, 0.15) is 22.8 Å². The predicted octanol–water partition coefficient (Wildman–Crippen LogP) is 2.73. The van der Waals surface area contributed by atoms with Gasteiger partial charge in [0.05, 0.1) is 18.9 Å². The predicted molar refractivity (Wildman–Crippen MR) is 101 cm³/mol. The second-order valence-electron chi connectivity index (χ2n) is 4.92. The molecule has 0 spiro atoms. The highest BCUT2D eigenvalue weighted by molar-refractivity contribution is 7.80. The fourth-order valence-electron chi connectivity index (χ4n) is 1.88. The molecular weight excluding hydrogens is 338 g/mol. The van der Waals surface area contributed by atoms with Gasteiger partial charge < -0.3 is 14.8 Å². The van der Waals surface area contributed by atoms with E-state index in [1.165, 1.54) is 0 Å². The van der Waals surface area contributed by atoms with Gasteiger partial charge >= 0.3 is 5.97 Å². The molecule has 0 bridgehead atoms. The molecule has 0 amide bonds. The van der Waals surface area contributed by atoms with Gasteiger partial charge in [0.1, 0.15) is 11.5 Å². The molecule has 2 N–H and O–H groups in total. The Morgan fingerprint density at radius 3 is 2.36 bits per heavy atom. The van der Waals surface area contributed by atoms with Gasteiger partial charge in [-0.05, 0) is 73.2 Å². The standard InChI is InChI=1S/C18H19N3O3S/c1-3-19-18(25)21-20-12-13-4-8-16(9-5-13)24-17(22)14-6-10-15(23-2)11-7-14/h4-12H,3H2,1-2H3,(H2,19,21,25). The lowest BCUT2D eigenvalue weighted by Crippen LogP contribution is -2.31. The van der Waals surface area contributed by atoms with E-state index in [9.17, 15) is 4.79 Å². The van der Waals surface area contributed by atoms with E-state index in [1.807, 2.05) is 6.92 Å². The fraction of sp³-hybridized carbons (Fsp3) is 0.167. The van der Waals surface area contributed by atoms with Crippen molar-refractivity contribution in [2.45, 2.75) is 6.92 Å². The van der Waals surface area contributed by atoms with Gasteiger partial charge in [0, 0.05) is 6.54 Å². The van der Waals surface area contributed by atoms with Gasteiger partial charge in [-0.3, -0.25) is 5.43 Å². The third kappa shape index (κ3) is 5.89. The van der Waals surface area contributed by atoms with E-state index in [0.29, 0.717) is 22.2 Å². The Bertz CT molecular complexity index is 743. The van der Waals surface area contributed by atoms with E-state index in [-0.39, 0.29) is 0 Å². The zero-order valence-corrected chi connectivity index (χ0v) is 14.8. The van der Waals surface area contributed by atoms with Crippen molar-refractivity contribution in [1.29, 1.82) is 0 Å². The van der Waals surface area contributed by atoms with Crippen LogP contribution < -0.4 is 20.2 Å². The highest BCUT2D eigenvalue weighted by Gasteiger charge is 2.08. The van der Waals surface area contributed by atoms with Crippen LogP contribution in [-0.4, -0.2) is 31.0 Å². The molecule has 0 aromatic heterocycles. The first-order chi connectivity index (χ1) is 12.1. The maximum atomic E-state index is 12.1. The van der Waals surface area contributed by atoms with E-state index >= 15 is 0 Å². The van der Waals surface area contributed by atoms with Crippen molar-refractivity contribution in [2.24, 2.45) is 5.10 Å². The van der Waals surface area contributed by atoms with Gasteiger partial charge in [0.25, 0.3) is 0 Å². The molecule has 0 heterocycles. The van der Waals surface area contributed by atoms with Gasteiger partial charge in [-0.15, -0.1) is 0 Å².